The second-order valence-electron chi connectivity index (χ2n) is 9.75. The number of aliphatic carboxylic acids is 1. The van der Waals surface area contributed by atoms with Gasteiger partial charge in [0.25, 0.3) is 0 Å². The summed E-state index contributed by atoms with van der Waals surface area (Å²) in [7, 11) is -2.32. The number of rotatable bonds is 8. The molecule has 0 radical (unpaired) electrons. The van der Waals surface area contributed by atoms with Gasteiger partial charge in [-0.05, 0) is 49.9 Å². The molecule has 3 N–H and O–H groups in total. The Bertz CT molecular complexity index is 1680. The maximum Gasteiger partial charge on any atom is 0.335 e. The van der Waals surface area contributed by atoms with E-state index < -0.39 is 27.2 Å². The summed E-state index contributed by atoms with van der Waals surface area (Å²) < 4.78 is 51.6. The minimum atomic E-state index is -3.82. The first kappa shape index (κ1) is 26.9. The van der Waals surface area contributed by atoms with Crippen LogP contribution in [0.4, 0.5) is 10.2 Å². The average molecular weight is 558 g/mol. The summed E-state index contributed by atoms with van der Waals surface area (Å²) in [5.41, 5.74) is 7.34. The Morgan fingerprint density at radius 3 is 2.64 bits per heavy atom. The number of hydrogen-bond donors (Lipinski definition) is 2. The van der Waals surface area contributed by atoms with Gasteiger partial charge in [0.1, 0.15) is 16.5 Å². The Labute approximate surface area is 223 Å². The fourth-order valence-electron chi connectivity index (χ4n) is 5.23. The predicted molar refractivity (Wildman–Crippen MR) is 141 cm³/mol. The van der Waals surface area contributed by atoms with Gasteiger partial charge >= 0.3 is 5.97 Å². The van der Waals surface area contributed by atoms with E-state index in [4.69, 9.17) is 20.2 Å². The first-order valence-corrected chi connectivity index (χ1v) is 14.2. The zero-order valence-electron chi connectivity index (χ0n) is 21.4. The lowest BCUT2D eigenvalue weighted by Crippen LogP contribution is -2.45. The number of carboxylic acid groups (broad SMARTS) is 1. The van der Waals surface area contributed by atoms with Crippen LogP contribution in [0.2, 0.25) is 0 Å². The number of nitrogens with zero attached hydrogens (tertiary/aromatic N) is 4. The number of sulfone groups is 1. The molecule has 11 nitrogen and oxygen atoms in total. The number of anilines is 1. The molecule has 1 saturated carbocycles. The number of aromatic nitrogens is 4. The van der Waals surface area contributed by atoms with Crippen molar-refractivity contribution >= 4 is 38.2 Å². The van der Waals surface area contributed by atoms with Gasteiger partial charge in [0.2, 0.25) is 0 Å². The summed E-state index contributed by atoms with van der Waals surface area (Å²) in [6.45, 7) is 0.383. The van der Waals surface area contributed by atoms with Gasteiger partial charge in [-0.2, -0.15) is 9.61 Å². The molecule has 0 bridgehead atoms. The number of halogens is 1. The third kappa shape index (κ3) is 4.92. The quantitative estimate of drug-likeness (QED) is 0.308. The fourth-order valence-corrected chi connectivity index (χ4v) is 6.28. The zero-order valence-corrected chi connectivity index (χ0v) is 22.2. The zero-order chi connectivity index (χ0) is 27.9. The normalized spacial score (nSPS) is 20.0. The monoisotopic (exact) mass is 557 g/mol. The topological polar surface area (TPSA) is 159 Å². The van der Waals surface area contributed by atoms with Crippen molar-refractivity contribution < 1.29 is 32.2 Å². The van der Waals surface area contributed by atoms with E-state index in [-0.39, 0.29) is 48.4 Å². The molecule has 1 aliphatic carbocycles. The summed E-state index contributed by atoms with van der Waals surface area (Å²) >= 11 is 0. The van der Waals surface area contributed by atoms with Crippen molar-refractivity contribution in [3.63, 3.8) is 0 Å². The second kappa shape index (κ2) is 10.1. The summed E-state index contributed by atoms with van der Waals surface area (Å²) in [5, 5.41) is 14.8. The molecule has 1 aromatic carbocycles. The van der Waals surface area contributed by atoms with Crippen molar-refractivity contribution in [2.45, 2.75) is 42.1 Å². The molecule has 3 aromatic heterocycles. The minimum absolute atomic E-state index is 0.0880. The number of benzene rings is 1. The third-order valence-corrected chi connectivity index (χ3v) is 8.38. The van der Waals surface area contributed by atoms with Gasteiger partial charge in [-0.25, -0.2) is 22.6 Å². The van der Waals surface area contributed by atoms with E-state index in [1.807, 2.05) is 0 Å². The van der Waals surface area contributed by atoms with Crippen molar-refractivity contribution in [3.05, 3.63) is 48.2 Å². The number of hydrogen-bond acceptors (Lipinski definition) is 9. The molecule has 1 aliphatic rings. The predicted octanol–water partition coefficient (Wildman–Crippen LogP) is 3.21. The Balaban J connectivity index is 1.59. The average Bonchev–Trinajstić information content (AvgIpc) is 3.32. The largest absolute Gasteiger partial charge is 0.479 e. The van der Waals surface area contributed by atoms with Crippen LogP contribution in [0, 0.1) is 5.82 Å². The van der Waals surface area contributed by atoms with E-state index in [0.29, 0.717) is 40.5 Å². The van der Waals surface area contributed by atoms with Crippen LogP contribution in [0.15, 0.2) is 41.6 Å². The van der Waals surface area contributed by atoms with Crippen LogP contribution >= 0.6 is 0 Å². The van der Waals surface area contributed by atoms with E-state index in [9.17, 15) is 22.7 Å². The van der Waals surface area contributed by atoms with Gasteiger partial charge in [-0.15, -0.1) is 0 Å². The van der Waals surface area contributed by atoms with Crippen LogP contribution in [-0.4, -0.2) is 71.3 Å². The van der Waals surface area contributed by atoms with Crippen molar-refractivity contribution in [1.82, 2.24) is 19.6 Å². The number of fused-ring (bicyclic) bond motifs is 2. The number of nitrogens with two attached hydrogens (primary N) is 1. The molecular weight excluding hydrogens is 529 g/mol. The molecule has 0 amide bonds. The van der Waals surface area contributed by atoms with E-state index in [1.165, 1.54) is 30.0 Å². The fraction of sp³-hybridized carbons (Fsp3) is 0.385. The van der Waals surface area contributed by atoms with E-state index >= 15 is 0 Å². The smallest absolute Gasteiger partial charge is 0.335 e. The summed E-state index contributed by atoms with van der Waals surface area (Å²) in [6.07, 6.45) is 5.16. The number of carbonyl (C=O) groups is 1. The number of pyridine rings is 1. The molecule has 39 heavy (non-hydrogen) atoms. The van der Waals surface area contributed by atoms with Gasteiger partial charge in [0.05, 0.1) is 30.6 Å². The Morgan fingerprint density at radius 2 is 1.97 bits per heavy atom. The molecule has 4 aromatic rings. The van der Waals surface area contributed by atoms with Crippen LogP contribution in [0.5, 0.6) is 0 Å². The van der Waals surface area contributed by atoms with Crippen LogP contribution in [0.3, 0.4) is 0 Å². The van der Waals surface area contributed by atoms with Crippen LogP contribution < -0.4 is 5.73 Å². The summed E-state index contributed by atoms with van der Waals surface area (Å²) in [5.74, 6) is -1.94. The first-order chi connectivity index (χ1) is 18.5. The molecule has 0 atom stereocenters. The van der Waals surface area contributed by atoms with Gasteiger partial charge in [0.15, 0.2) is 21.1 Å². The summed E-state index contributed by atoms with van der Waals surface area (Å²) in [6, 6.07) is 6.04. The number of carboxylic acids is 1. The van der Waals surface area contributed by atoms with Crippen molar-refractivity contribution in [2.75, 3.05) is 32.3 Å². The lowest BCUT2D eigenvalue weighted by molar-refractivity contribution is -0.173. The minimum Gasteiger partial charge on any atom is -0.479 e. The molecule has 3 heterocycles. The van der Waals surface area contributed by atoms with Crippen molar-refractivity contribution in [3.8, 4) is 11.1 Å². The van der Waals surface area contributed by atoms with Gasteiger partial charge in [-0.1, -0.05) is 0 Å². The highest BCUT2D eigenvalue weighted by atomic mass is 32.2. The molecule has 1 fully saturated rings. The maximum atomic E-state index is 13.8. The highest BCUT2D eigenvalue weighted by Gasteiger charge is 2.44. The Hall–Kier alpha value is -3.68. The molecule has 0 saturated heterocycles. The van der Waals surface area contributed by atoms with Crippen molar-refractivity contribution in [1.29, 1.82) is 0 Å². The molecule has 0 unspecified atom stereocenters. The SMILES string of the molecule is COCCO[C@]1(C(=O)O)CC[C@H](c2nc3c(-c4cnc5ccc(F)cc5c4)cnn3c(N)c2S(C)(=O)=O)CC1. The molecule has 5 rings (SSSR count). The van der Waals surface area contributed by atoms with Crippen LogP contribution in [0.25, 0.3) is 27.7 Å². The van der Waals surface area contributed by atoms with E-state index in [2.05, 4.69) is 10.1 Å². The molecule has 0 spiro atoms. The van der Waals surface area contributed by atoms with Crippen molar-refractivity contribution in [2.24, 2.45) is 0 Å². The van der Waals surface area contributed by atoms with E-state index in [0.717, 1.165) is 6.26 Å². The third-order valence-electron chi connectivity index (χ3n) is 7.22. The van der Waals surface area contributed by atoms with Gasteiger partial charge in [0, 0.05) is 42.0 Å². The lowest BCUT2D eigenvalue weighted by Gasteiger charge is -2.36. The highest BCUT2D eigenvalue weighted by Crippen LogP contribution is 2.43. The number of ether oxygens (including phenoxy) is 2. The van der Waals surface area contributed by atoms with Crippen LogP contribution in [0.1, 0.15) is 37.3 Å². The standard InChI is InChI=1S/C26H28FN5O6S/c1-37-9-10-38-26(25(33)34)7-5-15(6-8-26)21-22(39(2,35)36)23(28)32-24(31-21)19(14-30-32)17-11-16-12-18(27)3-4-20(16)29-13-17/h3-4,11-15H,5-10,28H2,1-2H3,(H,33,34)/t15-,26+. The highest BCUT2D eigenvalue weighted by molar-refractivity contribution is 7.91. The number of nitrogen functional groups attached to an aromatic ring is 1. The van der Waals surface area contributed by atoms with Gasteiger partial charge in [-0.3, -0.25) is 4.98 Å². The maximum absolute atomic E-state index is 13.8. The molecule has 13 heteroatoms. The molecule has 0 aliphatic heterocycles. The Kier molecular flexibility index (Phi) is 6.99. The van der Waals surface area contributed by atoms with Gasteiger partial charge < -0.3 is 20.3 Å². The number of methoxy groups -OCH3 is 1. The first-order valence-electron chi connectivity index (χ1n) is 12.3. The van der Waals surface area contributed by atoms with Crippen LogP contribution in [-0.2, 0) is 24.1 Å². The molecular formula is C26H28FN5O6S. The Morgan fingerprint density at radius 1 is 1.23 bits per heavy atom. The summed E-state index contributed by atoms with van der Waals surface area (Å²) in [4.78, 5) is 21.1. The molecule has 206 valence electrons. The van der Waals surface area contributed by atoms with E-state index in [1.54, 1.807) is 18.3 Å². The second-order valence-corrected chi connectivity index (χ2v) is 11.7. The lowest BCUT2D eigenvalue weighted by atomic mass is 9.77.